The highest BCUT2D eigenvalue weighted by Crippen LogP contribution is 2.26. The summed E-state index contributed by atoms with van der Waals surface area (Å²) in [5, 5.41) is 4.55. The zero-order chi connectivity index (χ0) is 19.0. The van der Waals surface area contributed by atoms with Crippen molar-refractivity contribution in [2.45, 2.75) is 32.7 Å². The Morgan fingerprint density at radius 1 is 1.11 bits per heavy atom. The lowest BCUT2D eigenvalue weighted by Gasteiger charge is -2.33. The van der Waals surface area contributed by atoms with Gasteiger partial charge in [0.2, 0.25) is 0 Å². The maximum atomic E-state index is 13.1. The lowest BCUT2D eigenvalue weighted by molar-refractivity contribution is 0.0720. The molecule has 1 aromatic heterocycles. The van der Waals surface area contributed by atoms with Crippen LogP contribution < -0.4 is 5.32 Å². The average Bonchev–Trinajstić information content (AvgIpc) is 2.98. The summed E-state index contributed by atoms with van der Waals surface area (Å²) in [6.45, 7) is 5.55. The minimum Gasteiger partial charge on any atom is -0.382 e. The molecule has 2 heterocycles. The van der Waals surface area contributed by atoms with Gasteiger partial charge in [0.15, 0.2) is 0 Å². The predicted octanol–water partition coefficient (Wildman–Crippen LogP) is 4.64. The first kappa shape index (κ1) is 17.6. The summed E-state index contributed by atoms with van der Waals surface area (Å²) in [6.07, 6.45) is 1.75. The van der Waals surface area contributed by atoms with E-state index >= 15 is 0 Å². The number of nitrogens with zero attached hydrogens (tertiary/aromatic N) is 1. The molecule has 0 unspecified atom stereocenters. The van der Waals surface area contributed by atoms with Gasteiger partial charge in [-0.1, -0.05) is 12.1 Å². The fourth-order valence-electron chi connectivity index (χ4n) is 3.84. The van der Waals surface area contributed by atoms with Crippen LogP contribution in [-0.2, 0) is 0 Å². The number of hydrogen-bond donors (Lipinski definition) is 2. The number of likely N-dealkylation sites (tertiary alicyclic amines) is 1. The van der Waals surface area contributed by atoms with Gasteiger partial charge in [0.25, 0.3) is 5.91 Å². The smallest absolute Gasteiger partial charge is 0.255 e. The zero-order valence-corrected chi connectivity index (χ0v) is 15.7. The fraction of sp³-hybridized carbons (Fsp3) is 0.318. The van der Waals surface area contributed by atoms with Crippen LogP contribution in [0.15, 0.2) is 42.5 Å². The number of halogens is 1. The SMILES string of the molecule is Cc1[nH]c2c(C(=O)N3CCC(Nc4ccc(F)cc4)CC3)cccc2c1C. The fourth-order valence-corrected chi connectivity index (χ4v) is 3.84. The van der Waals surface area contributed by atoms with Gasteiger partial charge in [0.05, 0.1) is 11.1 Å². The molecule has 1 amide bonds. The summed E-state index contributed by atoms with van der Waals surface area (Å²) in [6, 6.07) is 12.6. The molecule has 1 fully saturated rings. The van der Waals surface area contributed by atoms with Crippen LogP contribution in [0, 0.1) is 19.7 Å². The van der Waals surface area contributed by atoms with E-state index in [1.54, 1.807) is 12.1 Å². The highest BCUT2D eigenvalue weighted by molar-refractivity contribution is 6.06. The van der Waals surface area contributed by atoms with E-state index < -0.39 is 0 Å². The number of carbonyl (C=O) groups is 1. The number of hydrogen-bond acceptors (Lipinski definition) is 2. The summed E-state index contributed by atoms with van der Waals surface area (Å²) in [4.78, 5) is 18.4. The van der Waals surface area contributed by atoms with Crippen molar-refractivity contribution in [1.29, 1.82) is 0 Å². The second-order valence-electron chi connectivity index (χ2n) is 7.32. The van der Waals surface area contributed by atoms with Crippen molar-refractivity contribution >= 4 is 22.5 Å². The molecule has 27 heavy (non-hydrogen) atoms. The average molecular weight is 365 g/mol. The van der Waals surface area contributed by atoms with Crippen molar-refractivity contribution in [3.05, 3.63) is 65.1 Å². The molecule has 0 saturated carbocycles. The van der Waals surface area contributed by atoms with E-state index in [0.29, 0.717) is 19.1 Å². The Morgan fingerprint density at radius 3 is 2.52 bits per heavy atom. The molecule has 1 aliphatic heterocycles. The molecule has 5 heteroatoms. The van der Waals surface area contributed by atoms with Crippen LogP contribution in [0.2, 0.25) is 0 Å². The van der Waals surface area contributed by atoms with Crippen LogP contribution in [0.4, 0.5) is 10.1 Å². The van der Waals surface area contributed by atoms with E-state index in [-0.39, 0.29) is 11.7 Å². The monoisotopic (exact) mass is 365 g/mol. The molecule has 0 spiro atoms. The van der Waals surface area contributed by atoms with E-state index in [2.05, 4.69) is 23.3 Å². The van der Waals surface area contributed by atoms with E-state index in [9.17, 15) is 9.18 Å². The highest BCUT2D eigenvalue weighted by Gasteiger charge is 2.25. The maximum Gasteiger partial charge on any atom is 0.255 e. The molecule has 1 saturated heterocycles. The number of aromatic amines is 1. The number of anilines is 1. The third-order valence-corrected chi connectivity index (χ3v) is 5.57. The van der Waals surface area contributed by atoms with E-state index in [1.165, 1.54) is 17.7 Å². The van der Waals surface area contributed by atoms with Gasteiger partial charge >= 0.3 is 0 Å². The van der Waals surface area contributed by atoms with Crippen molar-refractivity contribution < 1.29 is 9.18 Å². The highest BCUT2D eigenvalue weighted by atomic mass is 19.1. The molecular weight excluding hydrogens is 341 g/mol. The Kier molecular flexibility index (Phi) is 4.60. The number of fused-ring (bicyclic) bond motifs is 1. The molecule has 3 aromatic rings. The molecule has 2 aromatic carbocycles. The van der Waals surface area contributed by atoms with E-state index in [0.717, 1.165) is 40.7 Å². The second-order valence-corrected chi connectivity index (χ2v) is 7.32. The van der Waals surface area contributed by atoms with E-state index in [4.69, 9.17) is 0 Å². The van der Waals surface area contributed by atoms with Gasteiger partial charge in [-0.05, 0) is 62.6 Å². The number of aryl methyl sites for hydroxylation is 2. The summed E-state index contributed by atoms with van der Waals surface area (Å²) in [7, 11) is 0. The van der Waals surface area contributed by atoms with E-state index in [1.807, 2.05) is 24.0 Å². The molecule has 4 rings (SSSR count). The van der Waals surface area contributed by atoms with Gasteiger partial charge < -0.3 is 15.2 Å². The van der Waals surface area contributed by atoms with Crippen LogP contribution in [0.1, 0.15) is 34.5 Å². The Hall–Kier alpha value is -2.82. The Balaban J connectivity index is 1.44. The van der Waals surface area contributed by atoms with Gasteiger partial charge in [0.1, 0.15) is 5.82 Å². The quantitative estimate of drug-likeness (QED) is 0.710. The van der Waals surface area contributed by atoms with Crippen molar-refractivity contribution in [3.63, 3.8) is 0 Å². The van der Waals surface area contributed by atoms with Gasteiger partial charge in [-0.3, -0.25) is 4.79 Å². The molecule has 4 nitrogen and oxygen atoms in total. The number of amides is 1. The van der Waals surface area contributed by atoms with Gasteiger partial charge in [-0.15, -0.1) is 0 Å². The first-order chi connectivity index (χ1) is 13.0. The largest absolute Gasteiger partial charge is 0.382 e. The number of carbonyl (C=O) groups excluding carboxylic acids is 1. The molecule has 0 radical (unpaired) electrons. The molecule has 0 atom stereocenters. The van der Waals surface area contributed by atoms with Crippen LogP contribution in [0.3, 0.4) is 0 Å². The van der Waals surface area contributed by atoms with Crippen molar-refractivity contribution in [2.24, 2.45) is 0 Å². The molecule has 1 aliphatic rings. The van der Waals surface area contributed by atoms with Crippen molar-refractivity contribution in [3.8, 4) is 0 Å². The third kappa shape index (κ3) is 3.42. The summed E-state index contributed by atoms with van der Waals surface area (Å²) in [5.41, 5.74) is 4.90. The molecule has 0 bridgehead atoms. The van der Waals surface area contributed by atoms with Crippen LogP contribution >= 0.6 is 0 Å². The number of nitrogens with one attached hydrogen (secondary N) is 2. The zero-order valence-electron chi connectivity index (χ0n) is 15.7. The number of aromatic nitrogens is 1. The van der Waals surface area contributed by atoms with Crippen LogP contribution in [-0.4, -0.2) is 34.9 Å². The van der Waals surface area contributed by atoms with Crippen LogP contribution in [0.5, 0.6) is 0 Å². The van der Waals surface area contributed by atoms with Gasteiger partial charge in [-0.25, -0.2) is 4.39 Å². The lowest BCUT2D eigenvalue weighted by Crippen LogP contribution is -2.42. The number of para-hydroxylation sites is 1. The first-order valence-corrected chi connectivity index (χ1v) is 9.42. The Labute approximate surface area is 158 Å². The Bertz CT molecular complexity index is 969. The number of benzene rings is 2. The second kappa shape index (κ2) is 7.06. The molecule has 140 valence electrons. The number of H-pyrrole nitrogens is 1. The molecular formula is C22H24FN3O. The summed E-state index contributed by atoms with van der Waals surface area (Å²) >= 11 is 0. The number of piperidine rings is 1. The standard InChI is InChI=1S/C22H24FN3O/c1-14-15(2)24-21-19(14)4-3-5-20(21)22(27)26-12-10-18(11-13-26)25-17-8-6-16(23)7-9-17/h3-9,18,24-25H,10-13H2,1-2H3. The third-order valence-electron chi connectivity index (χ3n) is 5.57. The van der Waals surface area contributed by atoms with Crippen LogP contribution in [0.25, 0.3) is 10.9 Å². The van der Waals surface area contributed by atoms with Crippen molar-refractivity contribution in [1.82, 2.24) is 9.88 Å². The summed E-state index contributed by atoms with van der Waals surface area (Å²) < 4.78 is 13.0. The Morgan fingerprint density at radius 2 is 1.81 bits per heavy atom. The predicted molar refractivity (Wildman–Crippen MR) is 107 cm³/mol. The summed E-state index contributed by atoms with van der Waals surface area (Å²) in [5.74, 6) is -0.146. The van der Waals surface area contributed by atoms with Gasteiger partial charge in [0, 0.05) is 35.9 Å². The number of rotatable bonds is 3. The minimum atomic E-state index is -0.232. The topological polar surface area (TPSA) is 48.1 Å². The van der Waals surface area contributed by atoms with Gasteiger partial charge in [-0.2, -0.15) is 0 Å². The first-order valence-electron chi connectivity index (χ1n) is 9.42. The minimum absolute atomic E-state index is 0.0853. The maximum absolute atomic E-state index is 13.1. The normalized spacial score (nSPS) is 15.3. The molecule has 2 N–H and O–H groups in total. The van der Waals surface area contributed by atoms with Crippen molar-refractivity contribution in [2.75, 3.05) is 18.4 Å². The lowest BCUT2D eigenvalue weighted by atomic mass is 10.0. The molecule has 0 aliphatic carbocycles.